The highest BCUT2D eigenvalue weighted by molar-refractivity contribution is 6.31. The molecule has 2 rings (SSSR count). The summed E-state index contributed by atoms with van der Waals surface area (Å²) in [4.78, 5) is 21.9. The molecule has 0 radical (unpaired) electrons. The first-order valence-electron chi connectivity index (χ1n) is 6.39. The van der Waals surface area contributed by atoms with Crippen molar-refractivity contribution in [1.29, 1.82) is 0 Å². The van der Waals surface area contributed by atoms with Gasteiger partial charge in [-0.15, -0.1) is 0 Å². The number of aryl methyl sites for hydroxylation is 1. The number of hydrogen-bond donors (Lipinski definition) is 1. The summed E-state index contributed by atoms with van der Waals surface area (Å²) in [6.07, 6.45) is 0. The van der Waals surface area contributed by atoms with Gasteiger partial charge >= 0.3 is 0 Å². The molecule has 2 aromatic carbocycles. The summed E-state index contributed by atoms with van der Waals surface area (Å²) in [6, 6.07) is 10.7. The van der Waals surface area contributed by atoms with E-state index in [9.17, 15) is 14.9 Å². The van der Waals surface area contributed by atoms with Gasteiger partial charge in [-0.25, -0.2) is 0 Å². The molecule has 1 N–H and O–H groups in total. The first kappa shape index (κ1) is 15.8. The molecule has 0 atom stereocenters. The Balaban J connectivity index is 1.92. The molecule has 0 aliphatic rings. The number of nitrogens with zero attached hydrogens (tertiary/aromatic N) is 1. The lowest BCUT2D eigenvalue weighted by molar-refractivity contribution is -0.384. The van der Waals surface area contributed by atoms with Crippen LogP contribution >= 0.6 is 11.6 Å². The maximum Gasteiger partial charge on any atom is 0.269 e. The standard InChI is InChI=1S/C15H13ClN2O4/c1-10-2-3-11(16)8-14(10)17-15(19)9-22-13-6-4-12(5-7-13)18(20)21/h2-8H,9H2,1H3,(H,17,19). The van der Waals surface area contributed by atoms with Crippen molar-refractivity contribution in [3.8, 4) is 5.75 Å². The minimum Gasteiger partial charge on any atom is -0.484 e. The first-order chi connectivity index (χ1) is 10.5. The number of anilines is 1. The number of rotatable bonds is 5. The molecule has 0 saturated carbocycles. The molecule has 6 nitrogen and oxygen atoms in total. The highest BCUT2D eigenvalue weighted by Gasteiger charge is 2.08. The van der Waals surface area contributed by atoms with Crippen molar-refractivity contribution in [2.24, 2.45) is 0 Å². The molecule has 7 heteroatoms. The van der Waals surface area contributed by atoms with Gasteiger partial charge in [0.2, 0.25) is 0 Å². The number of non-ortho nitro benzene ring substituents is 1. The molecule has 0 heterocycles. The van der Waals surface area contributed by atoms with E-state index in [1.54, 1.807) is 18.2 Å². The van der Waals surface area contributed by atoms with Gasteiger partial charge in [-0.05, 0) is 36.8 Å². The molecule has 0 unspecified atom stereocenters. The van der Waals surface area contributed by atoms with Crippen molar-refractivity contribution < 1.29 is 14.5 Å². The van der Waals surface area contributed by atoms with E-state index in [2.05, 4.69) is 5.32 Å². The van der Waals surface area contributed by atoms with Gasteiger partial charge in [-0.1, -0.05) is 17.7 Å². The Bertz CT molecular complexity index is 701. The van der Waals surface area contributed by atoms with Gasteiger partial charge in [-0.2, -0.15) is 0 Å². The van der Waals surface area contributed by atoms with Crippen LogP contribution in [0.4, 0.5) is 11.4 Å². The molecule has 1 amide bonds. The van der Waals surface area contributed by atoms with Crippen LogP contribution in [-0.2, 0) is 4.79 Å². The second-order valence-electron chi connectivity index (χ2n) is 4.55. The number of nitro benzene ring substituents is 1. The summed E-state index contributed by atoms with van der Waals surface area (Å²) in [5, 5.41) is 13.8. The molecular formula is C15H13ClN2O4. The van der Waals surface area contributed by atoms with Gasteiger partial charge in [0.15, 0.2) is 6.61 Å². The third kappa shape index (κ3) is 4.20. The highest BCUT2D eigenvalue weighted by Crippen LogP contribution is 2.20. The van der Waals surface area contributed by atoms with Gasteiger partial charge in [-0.3, -0.25) is 14.9 Å². The Hall–Kier alpha value is -2.60. The third-order valence-corrected chi connectivity index (χ3v) is 3.13. The van der Waals surface area contributed by atoms with E-state index in [0.29, 0.717) is 16.5 Å². The van der Waals surface area contributed by atoms with Crippen LogP contribution in [0, 0.1) is 17.0 Å². The monoisotopic (exact) mass is 320 g/mol. The van der Waals surface area contributed by atoms with Gasteiger partial charge in [0.05, 0.1) is 4.92 Å². The van der Waals surface area contributed by atoms with Gasteiger partial charge in [0.1, 0.15) is 5.75 Å². The predicted molar refractivity (Wildman–Crippen MR) is 83.4 cm³/mol. The van der Waals surface area contributed by atoms with Crippen molar-refractivity contribution in [3.63, 3.8) is 0 Å². The average Bonchev–Trinajstić information content (AvgIpc) is 2.49. The van der Waals surface area contributed by atoms with Crippen LogP contribution in [-0.4, -0.2) is 17.4 Å². The van der Waals surface area contributed by atoms with E-state index in [0.717, 1.165) is 5.56 Å². The molecule has 2 aromatic rings. The normalized spacial score (nSPS) is 10.1. The molecule has 22 heavy (non-hydrogen) atoms. The summed E-state index contributed by atoms with van der Waals surface area (Å²) in [5.74, 6) is 0.0345. The van der Waals surface area contributed by atoms with Crippen molar-refractivity contribution in [2.75, 3.05) is 11.9 Å². The van der Waals surface area contributed by atoms with Crippen molar-refractivity contribution in [1.82, 2.24) is 0 Å². The summed E-state index contributed by atoms with van der Waals surface area (Å²) >= 11 is 5.88. The third-order valence-electron chi connectivity index (χ3n) is 2.89. The zero-order chi connectivity index (χ0) is 16.1. The molecule has 114 valence electrons. The molecule has 0 aliphatic carbocycles. The minimum atomic E-state index is -0.502. The van der Waals surface area contributed by atoms with Crippen molar-refractivity contribution >= 4 is 28.9 Å². The molecular weight excluding hydrogens is 308 g/mol. The Morgan fingerprint density at radius 3 is 2.59 bits per heavy atom. The number of halogens is 1. The van der Waals surface area contributed by atoms with Crippen LogP contribution in [0.15, 0.2) is 42.5 Å². The van der Waals surface area contributed by atoms with Crippen molar-refractivity contribution in [2.45, 2.75) is 6.92 Å². The van der Waals surface area contributed by atoms with E-state index in [4.69, 9.17) is 16.3 Å². The summed E-state index contributed by atoms with van der Waals surface area (Å²) in [5.41, 5.74) is 1.46. The lowest BCUT2D eigenvalue weighted by Crippen LogP contribution is -2.20. The van der Waals surface area contributed by atoms with E-state index in [1.807, 2.05) is 6.92 Å². The fourth-order valence-electron chi connectivity index (χ4n) is 1.73. The van der Waals surface area contributed by atoms with Gasteiger partial charge in [0, 0.05) is 22.8 Å². The topological polar surface area (TPSA) is 81.5 Å². The average molecular weight is 321 g/mol. The molecule has 0 aromatic heterocycles. The SMILES string of the molecule is Cc1ccc(Cl)cc1NC(=O)COc1ccc([N+](=O)[O-])cc1. The van der Waals surface area contributed by atoms with Crippen LogP contribution in [0.3, 0.4) is 0 Å². The number of amides is 1. The van der Waals surface area contributed by atoms with E-state index < -0.39 is 4.92 Å². The first-order valence-corrected chi connectivity index (χ1v) is 6.77. The minimum absolute atomic E-state index is 0.0358. The largest absolute Gasteiger partial charge is 0.484 e. The second-order valence-corrected chi connectivity index (χ2v) is 4.98. The fourth-order valence-corrected chi connectivity index (χ4v) is 1.90. The summed E-state index contributed by atoms with van der Waals surface area (Å²) in [6.45, 7) is 1.65. The number of carbonyl (C=O) groups excluding carboxylic acids is 1. The Labute approximate surface area is 131 Å². The predicted octanol–water partition coefficient (Wildman–Crippen LogP) is 3.57. The molecule has 0 aliphatic heterocycles. The van der Waals surface area contributed by atoms with Crippen LogP contribution in [0.1, 0.15) is 5.56 Å². The number of nitro groups is 1. The maximum absolute atomic E-state index is 11.8. The lowest BCUT2D eigenvalue weighted by Gasteiger charge is -2.10. The summed E-state index contributed by atoms with van der Waals surface area (Å²) < 4.78 is 5.28. The van der Waals surface area contributed by atoms with Crippen LogP contribution in [0.5, 0.6) is 5.75 Å². The fraction of sp³-hybridized carbons (Fsp3) is 0.133. The van der Waals surface area contributed by atoms with E-state index in [-0.39, 0.29) is 18.2 Å². The maximum atomic E-state index is 11.8. The smallest absolute Gasteiger partial charge is 0.269 e. The highest BCUT2D eigenvalue weighted by atomic mass is 35.5. The van der Waals surface area contributed by atoms with Gasteiger partial charge < -0.3 is 10.1 Å². The van der Waals surface area contributed by atoms with Crippen LogP contribution in [0.2, 0.25) is 5.02 Å². The molecule has 0 bridgehead atoms. The number of benzene rings is 2. The Morgan fingerprint density at radius 1 is 1.27 bits per heavy atom. The van der Waals surface area contributed by atoms with E-state index >= 15 is 0 Å². The number of hydrogen-bond acceptors (Lipinski definition) is 4. The van der Waals surface area contributed by atoms with E-state index in [1.165, 1.54) is 24.3 Å². The Kier molecular flexibility index (Phi) is 4.95. The quantitative estimate of drug-likeness (QED) is 0.674. The second kappa shape index (κ2) is 6.91. The van der Waals surface area contributed by atoms with Crippen LogP contribution in [0.25, 0.3) is 0 Å². The number of nitrogens with one attached hydrogen (secondary N) is 1. The van der Waals surface area contributed by atoms with Crippen LogP contribution < -0.4 is 10.1 Å². The molecule has 0 fully saturated rings. The zero-order valence-electron chi connectivity index (χ0n) is 11.7. The van der Waals surface area contributed by atoms with Crippen molar-refractivity contribution in [3.05, 3.63) is 63.2 Å². The molecule has 0 spiro atoms. The number of ether oxygens (including phenoxy) is 1. The summed E-state index contributed by atoms with van der Waals surface area (Å²) in [7, 11) is 0. The molecule has 0 saturated heterocycles. The van der Waals surface area contributed by atoms with Gasteiger partial charge in [0.25, 0.3) is 11.6 Å². The zero-order valence-corrected chi connectivity index (χ0v) is 12.5. The lowest BCUT2D eigenvalue weighted by atomic mass is 10.2. The number of carbonyl (C=O) groups is 1. The Morgan fingerprint density at radius 2 is 1.95 bits per heavy atom.